The molecule has 1 rings (SSSR count). The first kappa shape index (κ1) is 12.3. The normalized spacial score (nSPS) is 11.1. The molecule has 0 aliphatic rings. The highest BCUT2D eigenvalue weighted by Gasteiger charge is 2.09. The van der Waals surface area contributed by atoms with Gasteiger partial charge in [-0.05, 0) is 60.9 Å². The fraction of sp³-hybridized carbons (Fsp3) is 0.571. The lowest BCUT2D eigenvalue weighted by molar-refractivity contribution is 0.280. The number of benzene rings is 1. The van der Waals surface area contributed by atoms with Gasteiger partial charge in [0.1, 0.15) is 0 Å². The van der Waals surface area contributed by atoms with Crippen LogP contribution in [0.4, 0.5) is 0 Å². The molecule has 1 N–H and O–H groups in total. The Bertz CT molecular complexity index is 351. The molecule has 0 bridgehead atoms. The third-order valence-electron chi connectivity index (χ3n) is 3.24. The summed E-state index contributed by atoms with van der Waals surface area (Å²) < 4.78 is 0. The van der Waals surface area contributed by atoms with Gasteiger partial charge in [-0.25, -0.2) is 0 Å². The van der Waals surface area contributed by atoms with Gasteiger partial charge in [-0.3, -0.25) is 0 Å². The molecule has 0 aromatic heterocycles. The average Bonchev–Trinajstić information content (AvgIpc) is 2.18. The van der Waals surface area contributed by atoms with Crippen molar-refractivity contribution in [1.82, 2.24) is 0 Å². The maximum Gasteiger partial charge on any atom is 0.0684 e. The minimum Gasteiger partial charge on any atom is -0.392 e. The van der Waals surface area contributed by atoms with Gasteiger partial charge in [0.05, 0.1) is 6.61 Å². The van der Waals surface area contributed by atoms with Crippen molar-refractivity contribution < 1.29 is 5.11 Å². The van der Waals surface area contributed by atoms with Crippen molar-refractivity contribution in [1.29, 1.82) is 0 Å². The maximum atomic E-state index is 9.29. The first-order valence-corrected chi connectivity index (χ1v) is 5.66. The van der Waals surface area contributed by atoms with E-state index < -0.39 is 0 Å². The Labute approximate surface area is 93.1 Å². The summed E-state index contributed by atoms with van der Waals surface area (Å²) in [6.45, 7) is 11.0. The molecule has 84 valence electrons. The summed E-state index contributed by atoms with van der Waals surface area (Å²) in [6, 6.07) is 2.16. The summed E-state index contributed by atoms with van der Waals surface area (Å²) in [7, 11) is 0. The van der Waals surface area contributed by atoms with Crippen LogP contribution in [0.3, 0.4) is 0 Å². The van der Waals surface area contributed by atoms with Crippen molar-refractivity contribution in [3.63, 3.8) is 0 Å². The third kappa shape index (κ3) is 2.60. The minimum absolute atomic E-state index is 0.151. The first-order chi connectivity index (χ1) is 6.97. The minimum atomic E-state index is 0.151. The van der Waals surface area contributed by atoms with E-state index in [-0.39, 0.29) is 6.61 Å². The Hall–Kier alpha value is -0.820. The molecule has 1 heteroatoms. The maximum absolute atomic E-state index is 9.29. The molecule has 0 atom stereocenters. The molecule has 15 heavy (non-hydrogen) atoms. The zero-order valence-electron chi connectivity index (χ0n) is 10.5. The molecular weight excluding hydrogens is 184 g/mol. The summed E-state index contributed by atoms with van der Waals surface area (Å²) in [5, 5.41) is 9.29. The zero-order chi connectivity index (χ0) is 11.6. The molecular formula is C14H22O. The van der Waals surface area contributed by atoms with Gasteiger partial charge in [-0.1, -0.05) is 19.9 Å². The van der Waals surface area contributed by atoms with Gasteiger partial charge in [-0.2, -0.15) is 0 Å². The molecule has 0 amide bonds. The molecule has 0 saturated carbocycles. The Morgan fingerprint density at radius 3 is 2.00 bits per heavy atom. The Morgan fingerprint density at radius 2 is 1.53 bits per heavy atom. The van der Waals surface area contributed by atoms with Crippen LogP contribution in [0.2, 0.25) is 0 Å². The van der Waals surface area contributed by atoms with E-state index in [0.717, 1.165) is 12.0 Å². The largest absolute Gasteiger partial charge is 0.392 e. The molecule has 0 unspecified atom stereocenters. The Morgan fingerprint density at radius 1 is 1.00 bits per heavy atom. The molecule has 0 radical (unpaired) electrons. The lowest BCUT2D eigenvalue weighted by atomic mass is 9.90. The number of aliphatic hydroxyl groups is 1. The first-order valence-electron chi connectivity index (χ1n) is 5.66. The van der Waals surface area contributed by atoms with Gasteiger partial charge in [0.2, 0.25) is 0 Å². The molecule has 1 aromatic carbocycles. The van der Waals surface area contributed by atoms with Crippen molar-refractivity contribution in [3.8, 4) is 0 Å². The Kier molecular flexibility index (Phi) is 3.92. The molecule has 0 aliphatic carbocycles. The van der Waals surface area contributed by atoms with E-state index in [0.29, 0.717) is 5.92 Å². The van der Waals surface area contributed by atoms with E-state index in [2.05, 4.69) is 40.7 Å². The molecule has 0 heterocycles. The van der Waals surface area contributed by atoms with Crippen LogP contribution in [0.25, 0.3) is 0 Å². The summed E-state index contributed by atoms with van der Waals surface area (Å²) in [4.78, 5) is 0. The van der Waals surface area contributed by atoms with Crippen molar-refractivity contribution >= 4 is 0 Å². The molecule has 0 aliphatic heterocycles. The average molecular weight is 206 g/mol. The van der Waals surface area contributed by atoms with Crippen molar-refractivity contribution in [3.05, 3.63) is 33.9 Å². The summed E-state index contributed by atoms with van der Waals surface area (Å²) in [5.41, 5.74) is 6.42. The van der Waals surface area contributed by atoms with Crippen LogP contribution < -0.4 is 0 Å². The van der Waals surface area contributed by atoms with E-state index in [4.69, 9.17) is 0 Å². The molecule has 0 spiro atoms. The zero-order valence-corrected chi connectivity index (χ0v) is 10.5. The predicted octanol–water partition coefficient (Wildman–Crippen LogP) is 3.30. The van der Waals surface area contributed by atoms with Crippen LogP contribution in [0.15, 0.2) is 6.07 Å². The number of aliphatic hydroxyl groups excluding tert-OH is 1. The van der Waals surface area contributed by atoms with E-state index in [1.54, 1.807) is 0 Å². The summed E-state index contributed by atoms with van der Waals surface area (Å²) in [5.74, 6) is 0.664. The molecule has 1 aromatic rings. The third-order valence-corrected chi connectivity index (χ3v) is 3.24. The second-order valence-electron chi connectivity index (χ2n) is 4.83. The summed E-state index contributed by atoms with van der Waals surface area (Å²) in [6.07, 6.45) is 1.10. The fourth-order valence-corrected chi connectivity index (χ4v) is 2.01. The van der Waals surface area contributed by atoms with E-state index in [1.807, 2.05) is 0 Å². The van der Waals surface area contributed by atoms with Gasteiger partial charge in [0, 0.05) is 0 Å². The lowest BCUT2D eigenvalue weighted by Crippen LogP contribution is -2.03. The van der Waals surface area contributed by atoms with Gasteiger partial charge >= 0.3 is 0 Å². The lowest BCUT2D eigenvalue weighted by Gasteiger charge is -2.16. The summed E-state index contributed by atoms with van der Waals surface area (Å²) >= 11 is 0. The highest BCUT2D eigenvalue weighted by atomic mass is 16.3. The molecule has 1 nitrogen and oxygen atoms in total. The smallest absolute Gasteiger partial charge is 0.0684 e. The highest BCUT2D eigenvalue weighted by Crippen LogP contribution is 2.23. The topological polar surface area (TPSA) is 20.2 Å². The van der Waals surface area contributed by atoms with E-state index in [9.17, 15) is 5.11 Å². The Balaban J connectivity index is 3.22. The number of rotatable bonds is 3. The van der Waals surface area contributed by atoms with Crippen LogP contribution in [-0.4, -0.2) is 5.11 Å². The van der Waals surface area contributed by atoms with Gasteiger partial charge in [0.15, 0.2) is 0 Å². The molecule has 0 fully saturated rings. The monoisotopic (exact) mass is 206 g/mol. The van der Waals surface area contributed by atoms with Crippen LogP contribution in [0.1, 0.15) is 41.7 Å². The van der Waals surface area contributed by atoms with Crippen LogP contribution >= 0.6 is 0 Å². The van der Waals surface area contributed by atoms with Crippen molar-refractivity contribution in [2.45, 2.75) is 47.6 Å². The van der Waals surface area contributed by atoms with Crippen LogP contribution in [0, 0.1) is 26.7 Å². The predicted molar refractivity (Wildman–Crippen MR) is 65.1 cm³/mol. The molecule has 0 saturated heterocycles. The van der Waals surface area contributed by atoms with Crippen molar-refractivity contribution in [2.24, 2.45) is 5.92 Å². The second kappa shape index (κ2) is 4.80. The van der Waals surface area contributed by atoms with Crippen LogP contribution in [-0.2, 0) is 13.0 Å². The quantitative estimate of drug-likeness (QED) is 0.804. The van der Waals surface area contributed by atoms with Crippen molar-refractivity contribution in [2.75, 3.05) is 0 Å². The second-order valence-corrected chi connectivity index (χ2v) is 4.83. The number of hydrogen-bond donors (Lipinski definition) is 1. The van der Waals surface area contributed by atoms with Gasteiger partial charge in [0.25, 0.3) is 0 Å². The van der Waals surface area contributed by atoms with Gasteiger partial charge < -0.3 is 5.11 Å². The van der Waals surface area contributed by atoms with E-state index in [1.165, 1.54) is 22.3 Å². The van der Waals surface area contributed by atoms with Gasteiger partial charge in [-0.15, -0.1) is 0 Å². The highest BCUT2D eigenvalue weighted by molar-refractivity contribution is 5.44. The standard InChI is InChI=1S/C14H22O/c1-9(2)6-13-7-14(8-15)12(5)10(3)11(13)4/h7,9,15H,6,8H2,1-5H3. The van der Waals surface area contributed by atoms with Crippen LogP contribution in [0.5, 0.6) is 0 Å². The van der Waals surface area contributed by atoms with E-state index >= 15 is 0 Å². The fourth-order valence-electron chi connectivity index (χ4n) is 2.01. The number of hydrogen-bond acceptors (Lipinski definition) is 1. The SMILES string of the molecule is Cc1c(CO)cc(CC(C)C)c(C)c1C.